The summed E-state index contributed by atoms with van der Waals surface area (Å²) in [4.78, 5) is 14.8. The number of rotatable bonds is 1. The summed E-state index contributed by atoms with van der Waals surface area (Å²) in [6, 6.07) is 7.73. The molecule has 13 heavy (non-hydrogen) atoms. The van der Waals surface area contributed by atoms with E-state index >= 15 is 0 Å². The highest BCUT2D eigenvalue weighted by Gasteiger charge is 2.02. The van der Waals surface area contributed by atoms with Crippen LogP contribution in [-0.4, -0.2) is 10.9 Å². The average Bonchev–Trinajstić information content (AvgIpc) is 2.44. The molecule has 0 saturated carbocycles. The summed E-state index contributed by atoms with van der Waals surface area (Å²) >= 11 is 1.44. The van der Waals surface area contributed by atoms with Crippen LogP contribution >= 0.6 is 11.3 Å². The van der Waals surface area contributed by atoms with Crippen LogP contribution in [0, 0.1) is 6.92 Å². The van der Waals surface area contributed by atoms with Crippen molar-refractivity contribution in [3.63, 3.8) is 0 Å². The predicted molar refractivity (Wildman–Crippen MR) is 53.6 cm³/mol. The highest BCUT2D eigenvalue weighted by atomic mass is 32.1. The SMILES string of the molecule is [CH2]C(=O)Nc1nc2ccccc2s1. The Kier molecular flexibility index (Phi) is 1.98. The number of aromatic nitrogens is 1. The maximum absolute atomic E-state index is 10.6. The molecule has 2 aromatic rings. The molecule has 1 amide bonds. The minimum absolute atomic E-state index is 0.334. The molecule has 1 aromatic heterocycles. The maximum Gasteiger partial charge on any atom is 0.226 e. The standard InChI is InChI=1S/C9H7N2OS/c1-6(12)10-9-11-7-4-2-3-5-8(7)13-9/h2-5H,1H2,(H,10,11,12). The summed E-state index contributed by atoms with van der Waals surface area (Å²) in [5.41, 5.74) is 0.899. The van der Waals surface area contributed by atoms with Crippen LogP contribution in [0.5, 0.6) is 0 Å². The van der Waals surface area contributed by atoms with E-state index in [-0.39, 0.29) is 5.91 Å². The fourth-order valence-corrected chi connectivity index (χ4v) is 1.93. The fraction of sp³-hybridized carbons (Fsp3) is 0. The molecular formula is C9H7N2OS. The van der Waals surface area contributed by atoms with Crippen molar-refractivity contribution < 1.29 is 4.79 Å². The molecule has 0 saturated heterocycles. The van der Waals surface area contributed by atoms with Gasteiger partial charge in [0.2, 0.25) is 5.91 Å². The Morgan fingerprint density at radius 1 is 1.46 bits per heavy atom. The van der Waals surface area contributed by atoms with Gasteiger partial charge >= 0.3 is 0 Å². The Balaban J connectivity index is 2.44. The summed E-state index contributed by atoms with van der Waals surface area (Å²) in [6.07, 6.45) is 0. The number of anilines is 1. The van der Waals surface area contributed by atoms with Gasteiger partial charge in [0.1, 0.15) is 0 Å². The van der Waals surface area contributed by atoms with Crippen molar-refractivity contribution >= 4 is 32.6 Å². The van der Waals surface area contributed by atoms with Crippen molar-refractivity contribution in [3.05, 3.63) is 31.2 Å². The van der Waals surface area contributed by atoms with Crippen LogP contribution in [0.15, 0.2) is 24.3 Å². The van der Waals surface area contributed by atoms with Gasteiger partial charge in [0, 0.05) is 6.92 Å². The molecule has 0 aliphatic carbocycles. The number of carbonyl (C=O) groups is 1. The molecule has 0 fully saturated rings. The zero-order chi connectivity index (χ0) is 9.26. The quantitative estimate of drug-likeness (QED) is 0.749. The first kappa shape index (κ1) is 8.19. The van der Waals surface area contributed by atoms with Crippen molar-refractivity contribution in [2.75, 3.05) is 5.32 Å². The van der Waals surface area contributed by atoms with Gasteiger partial charge in [-0.3, -0.25) is 4.79 Å². The molecule has 1 aromatic carbocycles. The third-order valence-electron chi connectivity index (χ3n) is 1.54. The second kappa shape index (κ2) is 3.14. The van der Waals surface area contributed by atoms with Crippen molar-refractivity contribution in [2.24, 2.45) is 0 Å². The summed E-state index contributed by atoms with van der Waals surface area (Å²) in [7, 11) is 0. The number of fused-ring (bicyclic) bond motifs is 1. The van der Waals surface area contributed by atoms with Gasteiger partial charge in [-0.2, -0.15) is 0 Å². The van der Waals surface area contributed by atoms with E-state index in [0.717, 1.165) is 10.2 Å². The third kappa shape index (κ3) is 1.67. The number of carbonyl (C=O) groups excluding carboxylic acids is 1. The van der Waals surface area contributed by atoms with Crippen molar-refractivity contribution in [3.8, 4) is 0 Å². The van der Waals surface area contributed by atoms with Crippen molar-refractivity contribution in [1.29, 1.82) is 0 Å². The molecule has 0 bridgehead atoms. The third-order valence-corrected chi connectivity index (χ3v) is 2.49. The molecule has 1 N–H and O–H groups in total. The first-order valence-electron chi connectivity index (χ1n) is 3.74. The first-order chi connectivity index (χ1) is 6.25. The highest BCUT2D eigenvalue weighted by molar-refractivity contribution is 7.22. The molecule has 65 valence electrons. The van der Waals surface area contributed by atoms with Gasteiger partial charge in [0.05, 0.1) is 10.2 Å². The minimum atomic E-state index is -0.334. The number of nitrogens with one attached hydrogen (secondary N) is 1. The van der Waals surface area contributed by atoms with E-state index in [4.69, 9.17) is 0 Å². The monoisotopic (exact) mass is 191 g/mol. The Bertz CT molecular complexity index is 417. The number of amides is 1. The van der Waals surface area contributed by atoms with E-state index in [1.165, 1.54) is 11.3 Å². The lowest BCUT2D eigenvalue weighted by Crippen LogP contribution is -2.05. The molecule has 0 atom stereocenters. The van der Waals surface area contributed by atoms with Gasteiger partial charge in [0.15, 0.2) is 5.13 Å². The molecule has 1 heterocycles. The first-order valence-corrected chi connectivity index (χ1v) is 4.56. The maximum atomic E-state index is 10.6. The molecule has 1 radical (unpaired) electrons. The van der Waals surface area contributed by atoms with E-state index in [0.29, 0.717) is 5.13 Å². The predicted octanol–water partition coefficient (Wildman–Crippen LogP) is 2.07. The zero-order valence-corrected chi connectivity index (χ0v) is 7.60. The number of thiazole rings is 1. The van der Waals surface area contributed by atoms with E-state index in [9.17, 15) is 4.79 Å². The molecule has 2 rings (SSSR count). The Hall–Kier alpha value is -1.42. The van der Waals surface area contributed by atoms with Crippen molar-refractivity contribution in [2.45, 2.75) is 0 Å². The fourth-order valence-electron chi connectivity index (χ4n) is 1.04. The second-order valence-electron chi connectivity index (χ2n) is 2.53. The van der Waals surface area contributed by atoms with Gasteiger partial charge in [-0.1, -0.05) is 23.5 Å². The van der Waals surface area contributed by atoms with Crippen molar-refractivity contribution in [1.82, 2.24) is 4.98 Å². The summed E-state index contributed by atoms with van der Waals surface area (Å²) in [5.74, 6) is -0.334. The lowest BCUT2D eigenvalue weighted by atomic mass is 10.3. The molecule has 0 spiro atoms. The van der Waals surface area contributed by atoms with E-state index in [1.807, 2.05) is 24.3 Å². The van der Waals surface area contributed by atoms with Gasteiger partial charge in [-0.05, 0) is 12.1 Å². The number of hydrogen-bond acceptors (Lipinski definition) is 3. The number of hydrogen-bond donors (Lipinski definition) is 1. The second-order valence-corrected chi connectivity index (χ2v) is 3.57. The highest BCUT2D eigenvalue weighted by Crippen LogP contribution is 2.24. The van der Waals surface area contributed by atoms with E-state index in [1.54, 1.807) is 0 Å². The number of para-hydroxylation sites is 1. The lowest BCUT2D eigenvalue weighted by molar-refractivity contribution is -0.112. The Morgan fingerprint density at radius 3 is 2.92 bits per heavy atom. The van der Waals surface area contributed by atoms with Gasteiger partial charge in [-0.15, -0.1) is 0 Å². The smallest absolute Gasteiger partial charge is 0.226 e. The lowest BCUT2D eigenvalue weighted by Gasteiger charge is -1.91. The van der Waals surface area contributed by atoms with Gasteiger partial charge in [0.25, 0.3) is 0 Å². The van der Waals surface area contributed by atoms with Crippen LogP contribution < -0.4 is 5.32 Å². The molecule has 0 aliphatic heterocycles. The molecule has 0 aliphatic rings. The van der Waals surface area contributed by atoms with E-state index < -0.39 is 0 Å². The number of benzene rings is 1. The molecule has 3 nitrogen and oxygen atoms in total. The summed E-state index contributed by atoms with van der Waals surface area (Å²) in [6.45, 7) is 3.22. The molecular weight excluding hydrogens is 184 g/mol. The topological polar surface area (TPSA) is 42.0 Å². The summed E-state index contributed by atoms with van der Waals surface area (Å²) < 4.78 is 1.06. The average molecular weight is 191 g/mol. The van der Waals surface area contributed by atoms with Crippen LogP contribution in [0.2, 0.25) is 0 Å². The van der Waals surface area contributed by atoms with E-state index in [2.05, 4.69) is 17.2 Å². The van der Waals surface area contributed by atoms with Crippen LogP contribution in [0.4, 0.5) is 5.13 Å². The summed E-state index contributed by atoms with van der Waals surface area (Å²) in [5, 5.41) is 3.15. The minimum Gasteiger partial charge on any atom is -0.302 e. The van der Waals surface area contributed by atoms with Crippen LogP contribution in [-0.2, 0) is 4.79 Å². The van der Waals surface area contributed by atoms with Gasteiger partial charge < -0.3 is 5.32 Å². The van der Waals surface area contributed by atoms with Crippen LogP contribution in [0.1, 0.15) is 0 Å². The molecule has 0 unspecified atom stereocenters. The number of nitrogens with zero attached hydrogens (tertiary/aromatic N) is 1. The zero-order valence-electron chi connectivity index (χ0n) is 6.78. The Labute approximate surface area is 79.4 Å². The van der Waals surface area contributed by atoms with Crippen LogP contribution in [0.25, 0.3) is 10.2 Å². The van der Waals surface area contributed by atoms with Crippen LogP contribution in [0.3, 0.4) is 0 Å². The largest absolute Gasteiger partial charge is 0.302 e. The molecule has 4 heteroatoms. The van der Waals surface area contributed by atoms with Gasteiger partial charge in [-0.25, -0.2) is 4.98 Å². The normalized spacial score (nSPS) is 10.2. The Morgan fingerprint density at radius 2 is 2.23 bits per heavy atom.